The van der Waals surface area contributed by atoms with Gasteiger partial charge in [0.05, 0.1) is 0 Å². The monoisotopic (exact) mass is 284 g/mol. The van der Waals surface area contributed by atoms with Crippen molar-refractivity contribution in [1.82, 2.24) is 10.3 Å². The minimum atomic E-state index is -1.07. The number of hydrogen-bond donors (Lipinski definition) is 2. The molecule has 0 spiro atoms. The van der Waals surface area contributed by atoms with E-state index in [-0.39, 0.29) is 5.15 Å². The summed E-state index contributed by atoms with van der Waals surface area (Å²) in [5.41, 5.74) is 0.307. The lowest BCUT2D eigenvalue weighted by molar-refractivity contribution is -0.142. The first-order chi connectivity index (χ1) is 8.61. The van der Waals surface area contributed by atoms with Gasteiger partial charge in [-0.25, -0.2) is 9.78 Å². The van der Waals surface area contributed by atoms with Gasteiger partial charge in [0.1, 0.15) is 11.2 Å². The molecule has 1 amide bonds. The van der Waals surface area contributed by atoms with E-state index in [1.165, 1.54) is 6.07 Å². The minimum Gasteiger partial charge on any atom is -0.480 e. The van der Waals surface area contributed by atoms with Crippen LogP contribution in [0.4, 0.5) is 0 Å². The van der Waals surface area contributed by atoms with Crippen molar-refractivity contribution in [3.8, 4) is 0 Å². The molecular weight excluding hydrogens is 268 g/mol. The van der Waals surface area contributed by atoms with E-state index in [1.807, 2.05) is 0 Å². The number of aryl methyl sites for hydroxylation is 1. The number of aliphatic carboxylic acids is 1. The summed E-state index contributed by atoms with van der Waals surface area (Å²) in [5.74, 6) is -1.55. The van der Waals surface area contributed by atoms with Gasteiger partial charge in [0.2, 0.25) is 0 Å². The van der Waals surface area contributed by atoms with Crippen LogP contribution < -0.4 is 5.32 Å². The van der Waals surface area contributed by atoms with Crippen molar-refractivity contribution in [1.29, 1.82) is 0 Å². The maximum Gasteiger partial charge on any atom is 0.326 e. The number of amides is 1. The van der Waals surface area contributed by atoms with Crippen molar-refractivity contribution < 1.29 is 14.7 Å². The second-order valence-electron chi connectivity index (χ2n) is 5.43. The molecule has 0 saturated heterocycles. The Bertz CT molecular complexity index is 489. The summed E-state index contributed by atoms with van der Waals surface area (Å²) in [4.78, 5) is 27.2. The van der Waals surface area contributed by atoms with Gasteiger partial charge in [0, 0.05) is 11.3 Å². The number of carbonyl (C=O) groups excluding carboxylic acids is 1. The van der Waals surface area contributed by atoms with Crippen molar-refractivity contribution in [2.75, 3.05) is 0 Å². The van der Waals surface area contributed by atoms with Gasteiger partial charge >= 0.3 is 5.97 Å². The Labute approximate surface area is 117 Å². The topological polar surface area (TPSA) is 79.3 Å². The zero-order valence-electron chi connectivity index (χ0n) is 11.3. The van der Waals surface area contributed by atoms with E-state index in [0.717, 1.165) is 0 Å². The molecule has 19 heavy (non-hydrogen) atoms. The highest BCUT2D eigenvalue weighted by atomic mass is 35.5. The molecule has 0 saturated carbocycles. The number of carbonyl (C=O) groups is 2. The fraction of sp³-hybridized carbons (Fsp3) is 0.462. The quantitative estimate of drug-likeness (QED) is 0.835. The van der Waals surface area contributed by atoms with Crippen LogP contribution in [0.2, 0.25) is 5.15 Å². The minimum absolute atomic E-state index is 0.202. The summed E-state index contributed by atoms with van der Waals surface area (Å²) < 4.78 is 0. The predicted molar refractivity (Wildman–Crippen MR) is 72.3 cm³/mol. The predicted octanol–water partition coefficient (Wildman–Crippen LogP) is 2.27. The van der Waals surface area contributed by atoms with Crippen molar-refractivity contribution >= 4 is 23.5 Å². The van der Waals surface area contributed by atoms with Crippen LogP contribution in [0.15, 0.2) is 12.1 Å². The third-order valence-electron chi connectivity index (χ3n) is 2.57. The molecule has 104 valence electrons. The van der Waals surface area contributed by atoms with Gasteiger partial charge in [-0.3, -0.25) is 4.79 Å². The molecule has 0 radical (unpaired) electrons. The summed E-state index contributed by atoms with van der Waals surface area (Å²) >= 11 is 5.78. The second-order valence-corrected chi connectivity index (χ2v) is 5.82. The zero-order chi connectivity index (χ0) is 14.8. The Hall–Kier alpha value is -1.62. The molecule has 1 aromatic rings. The summed E-state index contributed by atoms with van der Waals surface area (Å²) in [6.45, 7) is 6.95. The van der Waals surface area contributed by atoms with Crippen LogP contribution in [-0.4, -0.2) is 28.0 Å². The average molecular weight is 285 g/mol. The fourth-order valence-electron chi connectivity index (χ4n) is 1.62. The van der Waals surface area contributed by atoms with Gasteiger partial charge in [0.15, 0.2) is 0 Å². The van der Waals surface area contributed by atoms with Crippen LogP contribution in [0, 0.1) is 12.3 Å². The smallest absolute Gasteiger partial charge is 0.326 e. The number of nitrogens with one attached hydrogen (secondary N) is 1. The fourth-order valence-corrected chi connectivity index (χ4v) is 1.87. The number of hydrogen-bond acceptors (Lipinski definition) is 3. The molecule has 1 heterocycles. The van der Waals surface area contributed by atoms with E-state index < -0.39 is 23.3 Å². The van der Waals surface area contributed by atoms with E-state index in [1.54, 1.807) is 33.8 Å². The van der Waals surface area contributed by atoms with Gasteiger partial charge in [-0.15, -0.1) is 0 Å². The summed E-state index contributed by atoms with van der Waals surface area (Å²) in [7, 11) is 0. The average Bonchev–Trinajstić information content (AvgIpc) is 2.21. The van der Waals surface area contributed by atoms with Crippen molar-refractivity contribution in [3.63, 3.8) is 0 Å². The maximum absolute atomic E-state index is 12.0. The lowest BCUT2D eigenvalue weighted by atomic mass is 9.86. The van der Waals surface area contributed by atoms with Gasteiger partial charge in [-0.2, -0.15) is 0 Å². The highest BCUT2D eigenvalue weighted by molar-refractivity contribution is 6.29. The molecule has 0 bridgehead atoms. The molecule has 0 fully saturated rings. The molecule has 0 aliphatic heterocycles. The number of carboxylic acids is 1. The molecule has 6 heteroatoms. The maximum atomic E-state index is 12.0. The molecule has 1 aromatic heterocycles. The molecule has 0 aliphatic rings. The molecule has 1 rings (SSSR count). The van der Waals surface area contributed by atoms with Crippen LogP contribution in [-0.2, 0) is 4.79 Å². The van der Waals surface area contributed by atoms with Gasteiger partial charge in [-0.05, 0) is 24.5 Å². The molecule has 0 aromatic carbocycles. The third-order valence-corrected chi connectivity index (χ3v) is 2.77. The van der Waals surface area contributed by atoms with Crippen molar-refractivity contribution in [2.24, 2.45) is 5.41 Å². The Morgan fingerprint density at radius 2 is 1.95 bits per heavy atom. The van der Waals surface area contributed by atoms with E-state index in [2.05, 4.69) is 10.3 Å². The number of pyridine rings is 1. The Morgan fingerprint density at radius 1 is 1.37 bits per heavy atom. The van der Waals surface area contributed by atoms with E-state index in [4.69, 9.17) is 16.7 Å². The van der Waals surface area contributed by atoms with Crippen molar-refractivity contribution in [2.45, 2.75) is 33.7 Å². The van der Waals surface area contributed by atoms with Gasteiger partial charge in [0.25, 0.3) is 5.91 Å². The Kier molecular flexibility index (Phi) is 4.52. The van der Waals surface area contributed by atoms with Crippen LogP contribution >= 0.6 is 11.6 Å². The molecule has 0 aliphatic carbocycles. The Balaban J connectivity index is 2.97. The first-order valence-corrected chi connectivity index (χ1v) is 6.17. The van der Waals surface area contributed by atoms with E-state index in [0.29, 0.717) is 11.3 Å². The molecule has 5 nitrogen and oxygen atoms in total. The van der Waals surface area contributed by atoms with Crippen LogP contribution in [0.5, 0.6) is 0 Å². The second kappa shape index (κ2) is 5.57. The number of nitrogens with zero attached hydrogens (tertiary/aromatic N) is 1. The first-order valence-electron chi connectivity index (χ1n) is 5.79. The van der Waals surface area contributed by atoms with E-state index in [9.17, 15) is 9.59 Å². The SMILES string of the molecule is Cc1cc(C(=O)N[C@H](C(=O)O)C(C)(C)C)cc(Cl)n1. The van der Waals surface area contributed by atoms with Gasteiger partial charge in [-0.1, -0.05) is 32.4 Å². The summed E-state index contributed by atoms with van der Waals surface area (Å²) in [5, 5.41) is 11.9. The molecule has 0 unspecified atom stereocenters. The highest BCUT2D eigenvalue weighted by Gasteiger charge is 2.32. The number of carboxylic acid groups (broad SMARTS) is 1. The highest BCUT2D eigenvalue weighted by Crippen LogP contribution is 2.20. The van der Waals surface area contributed by atoms with E-state index >= 15 is 0 Å². The lowest BCUT2D eigenvalue weighted by Crippen LogP contribution is -2.49. The lowest BCUT2D eigenvalue weighted by Gasteiger charge is -2.27. The largest absolute Gasteiger partial charge is 0.480 e. The molecule has 2 N–H and O–H groups in total. The number of rotatable bonds is 3. The number of aromatic nitrogens is 1. The molecular formula is C13H17ClN2O3. The summed E-state index contributed by atoms with van der Waals surface area (Å²) in [6.07, 6.45) is 0. The van der Waals surface area contributed by atoms with Crippen molar-refractivity contribution in [3.05, 3.63) is 28.5 Å². The molecule has 1 atom stereocenters. The normalized spacial score (nSPS) is 12.9. The van der Waals surface area contributed by atoms with Gasteiger partial charge < -0.3 is 10.4 Å². The first kappa shape index (κ1) is 15.4. The van der Waals surface area contributed by atoms with Crippen LogP contribution in [0.25, 0.3) is 0 Å². The Morgan fingerprint density at radius 3 is 2.37 bits per heavy atom. The zero-order valence-corrected chi connectivity index (χ0v) is 12.1. The number of halogens is 1. The summed E-state index contributed by atoms with van der Waals surface area (Å²) in [6, 6.07) is 1.99. The van der Waals surface area contributed by atoms with Crippen LogP contribution in [0.1, 0.15) is 36.8 Å². The third kappa shape index (κ3) is 4.21. The van der Waals surface area contributed by atoms with Crippen LogP contribution in [0.3, 0.4) is 0 Å². The standard InChI is InChI=1S/C13H17ClN2O3/c1-7-5-8(6-9(14)15-7)11(17)16-10(12(18)19)13(2,3)4/h5-6,10H,1-4H3,(H,16,17)(H,18,19)/t10-/m1/s1.